The number of methoxy groups -OCH3 is 1. The molecule has 0 unspecified atom stereocenters. The van der Waals surface area contributed by atoms with Crippen molar-refractivity contribution in [2.24, 2.45) is 0 Å². The van der Waals surface area contributed by atoms with E-state index >= 15 is 0 Å². The van der Waals surface area contributed by atoms with Crippen molar-refractivity contribution in [2.45, 2.75) is 13.8 Å². The van der Waals surface area contributed by atoms with Crippen molar-refractivity contribution in [3.05, 3.63) is 52.1 Å². The van der Waals surface area contributed by atoms with E-state index in [4.69, 9.17) is 21.3 Å². The van der Waals surface area contributed by atoms with E-state index in [9.17, 15) is 0 Å². The molecule has 0 N–H and O–H groups in total. The largest absolute Gasteiger partial charge is 0.496 e. The highest BCUT2D eigenvalue weighted by molar-refractivity contribution is 7.13. The molecule has 0 aliphatic rings. The molecule has 0 amide bonds. The highest BCUT2D eigenvalue weighted by Crippen LogP contribution is 2.33. The summed E-state index contributed by atoms with van der Waals surface area (Å²) in [6, 6.07) is 7.91. The topological polar surface area (TPSA) is 35.0 Å². The zero-order chi connectivity index (χ0) is 15.7. The molecular formula is C17H15ClN2OS. The van der Waals surface area contributed by atoms with E-state index in [-0.39, 0.29) is 0 Å². The molecule has 5 heteroatoms. The second-order valence-corrected chi connectivity index (χ2v) is 6.29. The van der Waals surface area contributed by atoms with E-state index in [1.54, 1.807) is 24.6 Å². The summed E-state index contributed by atoms with van der Waals surface area (Å²) in [6.45, 7) is 4.11. The summed E-state index contributed by atoms with van der Waals surface area (Å²) in [6.07, 6.45) is 1.70. The first kappa shape index (κ1) is 15.0. The molecule has 0 saturated carbocycles. The van der Waals surface area contributed by atoms with Crippen molar-refractivity contribution in [3.8, 4) is 27.6 Å². The average Bonchev–Trinajstić information content (AvgIpc) is 2.99. The van der Waals surface area contributed by atoms with Gasteiger partial charge >= 0.3 is 0 Å². The minimum atomic E-state index is 0.478. The Kier molecular flexibility index (Phi) is 4.14. The molecule has 0 saturated heterocycles. The summed E-state index contributed by atoms with van der Waals surface area (Å²) in [5, 5.41) is 3.48. The molecule has 0 radical (unpaired) electrons. The van der Waals surface area contributed by atoms with Crippen LogP contribution in [-0.2, 0) is 0 Å². The van der Waals surface area contributed by atoms with Gasteiger partial charge in [-0.05, 0) is 49.2 Å². The lowest BCUT2D eigenvalue weighted by atomic mass is 10.0. The maximum absolute atomic E-state index is 5.95. The predicted molar refractivity (Wildman–Crippen MR) is 91.8 cm³/mol. The lowest BCUT2D eigenvalue weighted by molar-refractivity contribution is 0.411. The molecule has 0 fully saturated rings. The second kappa shape index (κ2) is 6.07. The highest BCUT2D eigenvalue weighted by Gasteiger charge is 2.11. The van der Waals surface area contributed by atoms with E-state index in [0.717, 1.165) is 38.7 Å². The van der Waals surface area contributed by atoms with E-state index in [0.29, 0.717) is 5.15 Å². The number of aryl methyl sites for hydroxylation is 2. The van der Waals surface area contributed by atoms with Crippen LogP contribution in [0.4, 0.5) is 0 Å². The molecule has 0 spiro atoms. The maximum atomic E-state index is 5.95. The van der Waals surface area contributed by atoms with Crippen LogP contribution in [0.25, 0.3) is 21.8 Å². The Bertz CT molecular complexity index is 829. The monoisotopic (exact) mass is 330 g/mol. The summed E-state index contributed by atoms with van der Waals surface area (Å²) in [5.41, 5.74) is 5.33. The number of pyridine rings is 1. The SMILES string of the molecule is COc1cc(C)c(-c2csc(-c3ccnc(Cl)c3)n2)cc1C. The van der Waals surface area contributed by atoms with Gasteiger partial charge in [-0.3, -0.25) is 0 Å². The minimum absolute atomic E-state index is 0.478. The van der Waals surface area contributed by atoms with Crippen molar-refractivity contribution in [3.63, 3.8) is 0 Å². The van der Waals surface area contributed by atoms with Gasteiger partial charge in [-0.25, -0.2) is 9.97 Å². The van der Waals surface area contributed by atoms with Crippen LogP contribution >= 0.6 is 22.9 Å². The Morgan fingerprint density at radius 2 is 1.95 bits per heavy atom. The van der Waals surface area contributed by atoms with Crippen molar-refractivity contribution in [2.75, 3.05) is 7.11 Å². The average molecular weight is 331 g/mol. The van der Waals surface area contributed by atoms with E-state index < -0.39 is 0 Å². The highest BCUT2D eigenvalue weighted by atomic mass is 35.5. The molecule has 3 rings (SSSR count). The summed E-state index contributed by atoms with van der Waals surface area (Å²) in [5.74, 6) is 0.901. The Morgan fingerprint density at radius 1 is 1.14 bits per heavy atom. The molecule has 112 valence electrons. The maximum Gasteiger partial charge on any atom is 0.129 e. The van der Waals surface area contributed by atoms with Gasteiger partial charge in [0.2, 0.25) is 0 Å². The number of ether oxygens (including phenoxy) is 1. The first-order valence-corrected chi connectivity index (χ1v) is 8.07. The van der Waals surface area contributed by atoms with Crippen LogP contribution in [0.1, 0.15) is 11.1 Å². The van der Waals surface area contributed by atoms with Gasteiger partial charge in [0, 0.05) is 22.7 Å². The summed E-state index contributed by atoms with van der Waals surface area (Å²) in [7, 11) is 1.69. The Morgan fingerprint density at radius 3 is 2.68 bits per heavy atom. The van der Waals surface area contributed by atoms with Crippen LogP contribution < -0.4 is 4.74 Å². The van der Waals surface area contributed by atoms with Gasteiger partial charge in [0.15, 0.2) is 0 Å². The lowest BCUT2D eigenvalue weighted by Gasteiger charge is -2.09. The van der Waals surface area contributed by atoms with Crippen LogP contribution in [-0.4, -0.2) is 17.1 Å². The minimum Gasteiger partial charge on any atom is -0.496 e. The van der Waals surface area contributed by atoms with Crippen LogP contribution in [0.15, 0.2) is 35.8 Å². The fraction of sp³-hybridized carbons (Fsp3) is 0.176. The summed E-state index contributed by atoms with van der Waals surface area (Å²) in [4.78, 5) is 8.74. The van der Waals surface area contributed by atoms with Gasteiger partial charge in [-0.2, -0.15) is 0 Å². The number of hydrogen-bond acceptors (Lipinski definition) is 4. The molecule has 0 aliphatic carbocycles. The van der Waals surface area contributed by atoms with Crippen LogP contribution in [0.5, 0.6) is 5.75 Å². The molecule has 0 atom stereocenters. The van der Waals surface area contributed by atoms with Gasteiger partial charge in [0.05, 0.1) is 12.8 Å². The van der Waals surface area contributed by atoms with Gasteiger partial charge in [0.25, 0.3) is 0 Å². The number of aromatic nitrogens is 2. The molecule has 0 aliphatic heterocycles. The van der Waals surface area contributed by atoms with Crippen molar-refractivity contribution in [1.82, 2.24) is 9.97 Å². The van der Waals surface area contributed by atoms with Crippen LogP contribution in [0.2, 0.25) is 5.15 Å². The third kappa shape index (κ3) is 2.85. The summed E-state index contributed by atoms with van der Waals surface area (Å²) >= 11 is 7.55. The molecular weight excluding hydrogens is 316 g/mol. The van der Waals surface area contributed by atoms with Crippen molar-refractivity contribution >= 4 is 22.9 Å². The van der Waals surface area contributed by atoms with Crippen LogP contribution in [0.3, 0.4) is 0 Å². The molecule has 2 aromatic heterocycles. The summed E-state index contributed by atoms with van der Waals surface area (Å²) < 4.78 is 5.36. The number of nitrogens with zero attached hydrogens (tertiary/aromatic N) is 2. The first-order valence-electron chi connectivity index (χ1n) is 6.81. The number of hydrogen-bond donors (Lipinski definition) is 0. The number of thiazole rings is 1. The zero-order valence-electron chi connectivity index (χ0n) is 12.6. The van der Waals surface area contributed by atoms with Gasteiger partial charge < -0.3 is 4.74 Å². The molecule has 22 heavy (non-hydrogen) atoms. The normalized spacial score (nSPS) is 10.7. The predicted octanol–water partition coefficient (Wildman–Crippen LogP) is 5.15. The van der Waals surface area contributed by atoms with Gasteiger partial charge in [-0.15, -0.1) is 11.3 Å². The zero-order valence-corrected chi connectivity index (χ0v) is 14.1. The smallest absolute Gasteiger partial charge is 0.129 e. The third-order valence-electron chi connectivity index (χ3n) is 3.50. The lowest BCUT2D eigenvalue weighted by Crippen LogP contribution is -1.91. The first-order chi connectivity index (χ1) is 10.6. The van der Waals surface area contributed by atoms with E-state index in [1.807, 2.05) is 25.1 Å². The molecule has 3 nitrogen and oxygen atoms in total. The Balaban J connectivity index is 2.03. The third-order valence-corrected chi connectivity index (χ3v) is 4.59. The fourth-order valence-electron chi connectivity index (χ4n) is 2.35. The quantitative estimate of drug-likeness (QED) is 0.623. The molecule has 2 heterocycles. The molecule has 3 aromatic rings. The van der Waals surface area contributed by atoms with E-state index in [1.165, 1.54) is 0 Å². The number of halogens is 1. The van der Waals surface area contributed by atoms with Crippen molar-refractivity contribution in [1.29, 1.82) is 0 Å². The molecule has 1 aromatic carbocycles. The number of benzene rings is 1. The number of rotatable bonds is 3. The van der Waals surface area contributed by atoms with Gasteiger partial charge in [-0.1, -0.05) is 11.6 Å². The van der Waals surface area contributed by atoms with Crippen molar-refractivity contribution < 1.29 is 4.74 Å². The second-order valence-electron chi connectivity index (χ2n) is 5.04. The Hall–Kier alpha value is -1.91. The van der Waals surface area contributed by atoms with E-state index in [2.05, 4.69) is 23.4 Å². The van der Waals surface area contributed by atoms with Gasteiger partial charge in [0.1, 0.15) is 15.9 Å². The van der Waals surface area contributed by atoms with Crippen LogP contribution in [0, 0.1) is 13.8 Å². The molecule has 0 bridgehead atoms. The standard InChI is InChI=1S/C17H15ClN2OS/c1-10-7-15(21-3)11(2)6-13(10)14-9-22-17(20-14)12-4-5-19-16(18)8-12/h4-9H,1-3H3. The Labute approximate surface area is 138 Å². The fourth-order valence-corrected chi connectivity index (χ4v) is 3.34.